The summed E-state index contributed by atoms with van der Waals surface area (Å²) in [6.07, 6.45) is 1.56. The number of sulfonamides is 1. The van der Waals surface area contributed by atoms with Crippen LogP contribution in [0.15, 0.2) is 0 Å². The molecule has 1 rings (SSSR count). The van der Waals surface area contributed by atoms with Gasteiger partial charge in [-0.3, -0.25) is 0 Å². The molecule has 0 saturated carbocycles. The van der Waals surface area contributed by atoms with E-state index >= 15 is 0 Å². The Labute approximate surface area is 105 Å². The Morgan fingerprint density at radius 3 is 2.76 bits per heavy atom. The van der Waals surface area contributed by atoms with Crippen molar-refractivity contribution in [2.24, 2.45) is 5.92 Å². The van der Waals surface area contributed by atoms with E-state index in [1.54, 1.807) is 11.4 Å². The van der Waals surface area contributed by atoms with Gasteiger partial charge in [0.05, 0.1) is 11.9 Å². The maximum Gasteiger partial charge on any atom is 0.214 e. The Morgan fingerprint density at radius 1 is 1.47 bits per heavy atom. The highest BCUT2D eigenvalue weighted by atomic mass is 32.2. The summed E-state index contributed by atoms with van der Waals surface area (Å²) in [6, 6.07) is 0. The van der Waals surface area contributed by atoms with Crippen LogP contribution in [0, 0.1) is 5.92 Å². The fraction of sp³-hybridized carbons (Fsp3) is 1.00. The largest absolute Gasteiger partial charge is 0.380 e. The lowest BCUT2D eigenvalue weighted by Gasteiger charge is -2.35. The van der Waals surface area contributed by atoms with E-state index in [-0.39, 0.29) is 11.9 Å². The lowest BCUT2D eigenvalue weighted by Crippen LogP contribution is -2.47. The van der Waals surface area contributed by atoms with Crippen LogP contribution in [-0.4, -0.2) is 58.4 Å². The molecule has 0 aromatic carbocycles. The van der Waals surface area contributed by atoms with Gasteiger partial charge in [0, 0.05) is 20.2 Å². The van der Waals surface area contributed by atoms with Gasteiger partial charge in [-0.05, 0) is 32.4 Å². The third-order valence-electron chi connectivity index (χ3n) is 3.38. The zero-order valence-electron chi connectivity index (χ0n) is 11.0. The van der Waals surface area contributed by atoms with Gasteiger partial charge in [0.2, 0.25) is 10.0 Å². The third kappa shape index (κ3) is 4.21. The molecule has 1 saturated heterocycles. The van der Waals surface area contributed by atoms with Crippen LogP contribution in [-0.2, 0) is 14.8 Å². The van der Waals surface area contributed by atoms with Crippen LogP contribution in [0.3, 0.4) is 0 Å². The Kier molecular flexibility index (Phi) is 5.85. The summed E-state index contributed by atoms with van der Waals surface area (Å²) in [4.78, 5) is 0. The van der Waals surface area contributed by atoms with E-state index in [0.29, 0.717) is 25.4 Å². The van der Waals surface area contributed by atoms with Crippen LogP contribution in [0.2, 0.25) is 0 Å². The predicted octanol–water partition coefficient (Wildman–Crippen LogP) is 0.283. The SMILES string of the molecule is CNCCCS(=O)(=O)N1CCC(C)C(OC)C1. The van der Waals surface area contributed by atoms with Crippen LogP contribution in [0.4, 0.5) is 0 Å². The quantitative estimate of drug-likeness (QED) is 0.700. The molecule has 2 atom stereocenters. The summed E-state index contributed by atoms with van der Waals surface area (Å²) in [5.41, 5.74) is 0. The molecular weight excluding hydrogens is 240 g/mol. The zero-order valence-corrected chi connectivity index (χ0v) is 11.8. The Morgan fingerprint density at radius 2 is 2.18 bits per heavy atom. The molecule has 1 heterocycles. The lowest BCUT2D eigenvalue weighted by molar-refractivity contribution is 0.0184. The van der Waals surface area contributed by atoms with Crippen molar-refractivity contribution in [3.8, 4) is 0 Å². The fourth-order valence-corrected chi connectivity index (χ4v) is 3.65. The van der Waals surface area contributed by atoms with Gasteiger partial charge in [-0.2, -0.15) is 4.31 Å². The Balaban J connectivity index is 2.54. The standard InChI is InChI=1S/C11H24N2O3S/c1-10-5-7-13(9-11(10)16-3)17(14,15)8-4-6-12-2/h10-12H,4-9H2,1-3H3. The van der Waals surface area contributed by atoms with Gasteiger partial charge in [0.1, 0.15) is 0 Å². The Bertz CT molecular complexity index is 319. The van der Waals surface area contributed by atoms with E-state index in [0.717, 1.165) is 13.0 Å². The van der Waals surface area contributed by atoms with Crippen LogP contribution in [0.5, 0.6) is 0 Å². The number of rotatable bonds is 6. The second-order valence-electron chi connectivity index (χ2n) is 4.67. The summed E-state index contributed by atoms with van der Waals surface area (Å²) in [5.74, 6) is 0.655. The molecule has 1 N–H and O–H groups in total. The van der Waals surface area contributed by atoms with E-state index < -0.39 is 10.0 Å². The van der Waals surface area contributed by atoms with E-state index in [2.05, 4.69) is 12.2 Å². The molecule has 0 aromatic heterocycles. The van der Waals surface area contributed by atoms with Gasteiger partial charge in [-0.1, -0.05) is 6.92 Å². The van der Waals surface area contributed by atoms with Crippen molar-refractivity contribution in [1.29, 1.82) is 0 Å². The molecule has 0 spiro atoms. The first-order valence-corrected chi connectivity index (χ1v) is 7.77. The maximum absolute atomic E-state index is 12.1. The smallest absolute Gasteiger partial charge is 0.214 e. The van der Waals surface area contributed by atoms with Crippen LogP contribution in [0.1, 0.15) is 19.8 Å². The normalized spacial score (nSPS) is 27.2. The van der Waals surface area contributed by atoms with E-state index in [9.17, 15) is 8.42 Å². The number of ether oxygens (including phenoxy) is 1. The van der Waals surface area contributed by atoms with Crippen molar-refractivity contribution in [3.63, 3.8) is 0 Å². The van der Waals surface area contributed by atoms with Crippen LogP contribution in [0.25, 0.3) is 0 Å². The number of hydrogen-bond acceptors (Lipinski definition) is 4. The minimum atomic E-state index is -3.11. The molecule has 102 valence electrons. The predicted molar refractivity (Wildman–Crippen MR) is 68.5 cm³/mol. The molecule has 17 heavy (non-hydrogen) atoms. The molecule has 6 heteroatoms. The Hall–Kier alpha value is -0.170. The maximum atomic E-state index is 12.1. The number of nitrogens with zero attached hydrogens (tertiary/aromatic N) is 1. The minimum Gasteiger partial charge on any atom is -0.380 e. The molecule has 0 amide bonds. The topological polar surface area (TPSA) is 58.6 Å². The van der Waals surface area contributed by atoms with E-state index in [1.807, 2.05) is 7.05 Å². The second-order valence-corrected chi connectivity index (χ2v) is 6.76. The highest BCUT2D eigenvalue weighted by molar-refractivity contribution is 7.89. The number of piperidine rings is 1. The zero-order chi connectivity index (χ0) is 12.9. The van der Waals surface area contributed by atoms with Crippen LogP contribution < -0.4 is 5.32 Å². The van der Waals surface area contributed by atoms with Gasteiger partial charge in [-0.25, -0.2) is 8.42 Å². The molecule has 1 aliphatic rings. The molecule has 0 aliphatic carbocycles. The molecule has 0 radical (unpaired) electrons. The van der Waals surface area contributed by atoms with Crippen molar-refractivity contribution >= 4 is 10.0 Å². The first kappa shape index (κ1) is 14.9. The average molecular weight is 264 g/mol. The van der Waals surface area contributed by atoms with E-state index in [4.69, 9.17) is 4.74 Å². The van der Waals surface area contributed by atoms with Crippen molar-refractivity contribution in [2.75, 3.05) is 39.5 Å². The molecule has 1 aliphatic heterocycles. The first-order chi connectivity index (χ1) is 8.01. The van der Waals surface area contributed by atoms with Crippen molar-refractivity contribution < 1.29 is 13.2 Å². The third-order valence-corrected chi connectivity index (χ3v) is 5.30. The van der Waals surface area contributed by atoms with Gasteiger partial charge in [0.25, 0.3) is 0 Å². The van der Waals surface area contributed by atoms with Gasteiger partial charge >= 0.3 is 0 Å². The fourth-order valence-electron chi connectivity index (χ4n) is 2.13. The van der Waals surface area contributed by atoms with Crippen molar-refractivity contribution in [3.05, 3.63) is 0 Å². The molecule has 1 fully saturated rings. The van der Waals surface area contributed by atoms with Crippen molar-refractivity contribution in [2.45, 2.75) is 25.9 Å². The van der Waals surface area contributed by atoms with Crippen molar-refractivity contribution in [1.82, 2.24) is 9.62 Å². The molecule has 5 nitrogen and oxygen atoms in total. The summed E-state index contributed by atoms with van der Waals surface area (Å²) < 4.78 is 31.1. The lowest BCUT2D eigenvalue weighted by atomic mass is 9.97. The van der Waals surface area contributed by atoms with Gasteiger partial charge < -0.3 is 10.1 Å². The first-order valence-electron chi connectivity index (χ1n) is 6.16. The summed E-state index contributed by atoms with van der Waals surface area (Å²) in [6.45, 7) is 3.97. The van der Waals surface area contributed by atoms with Gasteiger partial charge in [0.15, 0.2) is 0 Å². The number of methoxy groups -OCH3 is 1. The summed E-state index contributed by atoms with van der Waals surface area (Å²) in [5, 5.41) is 2.96. The second kappa shape index (κ2) is 6.68. The monoisotopic (exact) mass is 264 g/mol. The highest BCUT2D eigenvalue weighted by Crippen LogP contribution is 2.21. The number of nitrogens with one attached hydrogen (secondary N) is 1. The summed E-state index contributed by atoms with van der Waals surface area (Å²) >= 11 is 0. The number of hydrogen-bond donors (Lipinski definition) is 1. The van der Waals surface area contributed by atoms with Crippen LogP contribution >= 0.6 is 0 Å². The average Bonchev–Trinajstić information content (AvgIpc) is 2.29. The summed E-state index contributed by atoms with van der Waals surface area (Å²) in [7, 11) is 0.372. The van der Waals surface area contributed by atoms with Gasteiger partial charge in [-0.15, -0.1) is 0 Å². The van der Waals surface area contributed by atoms with E-state index in [1.165, 1.54) is 0 Å². The highest BCUT2D eigenvalue weighted by Gasteiger charge is 2.32. The molecule has 2 unspecified atom stereocenters. The molecular formula is C11H24N2O3S. The molecule has 0 bridgehead atoms. The molecule has 0 aromatic rings. The minimum absolute atomic E-state index is 0.0304.